The lowest BCUT2D eigenvalue weighted by Crippen LogP contribution is -2.38. The van der Waals surface area contributed by atoms with Gasteiger partial charge in [0.25, 0.3) is 0 Å². The van der Waals surface area contributed by atoms with Crippen LogP contribution in [0.4, 0.5) is 0 Å². The maximum atomic E-state index is 5.36. The zero-order valence-electron chi connectivity index (χ0n) is 14.2. The Morgan fingerprint density at radius 2 is 2.05 bits per heavy atom. The van der Waals surface area contributed by atoms with E-state index in [1.807, 2.05) is 6.92 Å². The van der Waals surface area contributed by atoms with Crippen molar-refractivity contribution in [1.82, 2.24) is 10.6 Å². The second-order valence-electron chi connectivity index (χ2n) is 4.94. The SMILES string of the molecule is CCNC(=NCCOCC)NCCc1ccc(C)c(OC)c1. The molecule has 5 nitrogen and oxygen atoms in total. The lowest BCUT2D eigenvalue weighted by atomic mass is 10.1. The summed E-state index contributed by atoms with van der Waals surface area (Å²) in [4.78, 5) is 4.47. The van der Waals surface area contributed by atoms with Crippen LogP contribution in [0.3, 0.4) is 0 Å². The number of hydrogen-bond acceptors (Lipinski definition) is 3. The smallest absolute Gasteiger partial charge is 0.191 e. The van der Waals surface area contributed by atoms with Gasteiger partial charge in [0.2, 0.25) is 0 Å². The first kappa shape index (κ1) is 18.3. The van der Waals surface area contributed by atoms with E-state index in [0.717, 1.165) is 43.4 Å². The number of nitrogens with one attached hydrogen (secondary N) is 2. The third kappa shape index (κ3) is 6.80. The molecule has 0 aliphatic rings. The number of guanidine groups is 1. The van der Waals surface area contributed by atoms with Gasteiger partial charge < -0.3 is 20.1 Å². The van der Waals surface area contributed by atoms with Gasteiger partial charge in [-0.1, -0.05) is 12.1 Å². The number of nitrogens with zero attached hydrogens (tertiary/aromatic N) is 1. The van der Waals surface area contributed by atoms with Crippen molar-refractivity contribution >= 4 is 5.96 Å². The third-order valence-corrected chi connectivity index (χ3v) is 3.23. The van der Waals surface area contributed by atoms with Crippen LogP contribution < -0.4 is 15.4 Å². The van der Waals surface area contributed by atoms with Crippen molar-refractivity contribution in [3.8, 4) is 5.75 Å². The lowest BCUT2D eigenvalue weighted by Gasteiger charge is -2.12. The Labute approximate surface area is 134 Å². The third-order valence-electron chi connectivity index (χ3n) is 3.23. The van der Waals surface area contributed by atoms with E-state index in [2.05, 4.69) is 47.7 Å². The van der Waals surface area contributed by atoms with Crippen molar-refractivity contribution in [3.63, 3.8) is 0 Å². The molecule has 0 aliphatic carbocycles. The minimum Gasteiger partial charge on any atom is -0.496 e. The average Bonchev–Trinajstić information content (AvgIpc) is 2.53. The van der Waals surface area contributed by atoms with Crippen molar-refractivity contribution in [1.29, 1.82) is 0 Å². The number of aryl methyl sites for hydroxylation is 1. The molecular formula is C17H29N3O2. The highest BCUT2D eigenvalue weighted by atomic mass is 16.5. The number of rotatable bonds is 9. The minimum atomic E-state index is 0.655. The number of ether oxygens (including phenoxy) is 2. The summed E-state index contributed by atoms with van der Waals surface area (Å²) in [6.45, 7) is 9.83. The quantitative estimate of drug-likeness (QED) is 0.417. The molecule has 0 aromatic heterocycles. The highest BCUT2D eigenvalue weighted by molar-refractivity contribution is 5.79. The summed E-state index contributed by atoms with van der Waals surface area (Å²) >= 11 is 0. The van der Waals surface area contributed by atoms with Crippen LogP contribution in [-0.2, 0) is 11.2 Å². The molecule has 0 aliphatic heterocycles. The molecule has 0 fully saturated rings. The van der Waals surface area contributed by atoms with Gasteiger partial charge in [0.15, 0.2) is 5.96 Å². The van der Waals surface area contributed by atoms with Gasteiger partial charge in [0.05, 0.1) is 20.3 Å². The molecule has 1 aromatic rings. The van der Waals surface area contributed by atoms with Crippen LogP contribution in [-0.4, -0.2) is 45.9 Å². The second kappa shape index (κ2) is 10.9. The fourth-order valence-corrected chi connectivity index (χ4v) is 2.05. The molecule has 0 saturated heterocycles. The van der Waals surface area contributed by atoms with E-state index in [-0.39, 0.29) is 0 Å². The molecule has 0 amide bonds. The van der Waals surface area contributed by atoms with Crippen molar-refractivity contribution in [2.24, 2.45) is 4.99 Å². The normalized spacial score (nSPS) is 11.4. The van der Waals surface area contributed by atoms with Gasteiger partial charge in [-0.2, -0.15) is 0 Å². The van der Waals surface area contributed by atoms with E-state index >= 15 is 0 Å². The Kier molecular flexibility index (Phi) is 9.07. The van der Waals surface area contributed by atoms with E-state index < -0.39 is 0 Å². The molecule has 124 valence electrons. The van der Waals surface area contributed by atoms with E-state index in [1.54, 1.807) is 7.11 Å². The molecule has 0 radical (unpaired) electrons. The minimum absolute atomic E-state index is 0.655. The molecule has 0 heterocycles. The molecule has 0 spiro atoms. The summed E-state index contributed by atoms with van der Waals surface area (Å²) in [5.74, 6) is 1.77. The standard InChI is InChI=1S/C17H29N3O2/c1-5-18-17(20-11-12-22-6-2)19-10-9-15-8-7-14(3)16(13-15)21-4/h7-8,13H,5-6,9-12H2,1-4H3,(H2,18,19,20). The van der Waals surface area contributed by atoms with Crippen LogP contribution in [0.15, 0.2) is 23.2 Å². The summed E-state index contributed by atoms with van der Waals surface area (Å²) < 4.78 is 10.7. The molecular weight excluding hydrogens is 278 g/mol. The molecule has 1 aromatic carbocycles. The topological polar surface area (TPSA) is 54.9 Å². The van der Waals surface area contributed by atoms with E-state index in [9.17, 15) is 0 Å². The van der Waals surface area contributed by atoms with Crippen LogP contribution in [0.1, 0.15) is 25.0 Å². The van der Waals surface area contributed by atoms with Crippen LogP contribution in [0.2, 0.25) is 0 Å². The number of benzene rings is 1. The molecule has 0 unspecified atom stereocenters. The summed E-state index contributed by atoms with van der Waals surface area (Å²) in [5.41, 5.74) is 2.41. The van der Waals surface area contributed by atoms with Crippen LogP contribution in [0.5, 0.6) is 5.75 Å². The zero-order chi connectivity index (χ0) is 16.2. The monoisotopic (exact) mass is 307 g/mol. The average molecular weight is 307 g/mol. The first-order valence-electron chi connectivity index (χ1n) is 7.94. The van der Waals surface area contributed by atoms with Gasteiger partial charge in [-0.3, -0.25) is 4.99 Å². The van der Waals surface area contributed by atoms with E-state index in [0.29, 0.717) is 13.2 Å². The van der Waals surface area contributed by atoms with Crippen LogP contribution in [0.25, 0.3) is 0 Å². The number of hydrogen-bond donors (Lipinski definition) is 2. The number of methoxy groups -OCH3 is 1. The second-order valence-corrected chi connectivity index (χ2v) is 4.94. The van der Waals surface area contributed by atoms with Gasteiger partial charge in [-0.15, -0.1) is 0 Å². The van der Waals surface area contributed by atoms with Crippen molar-refractivity contribution in [2.45, 2.75) is 27.2 Å². The largest absolute Gasteiger partial charge is 0.496 e. The number of aliphatic imine (C=N–C) groups is 1. The predicted octanol–water partition coefficient (Wildman–Crippen LogP) is 2.14. The van der Waals surface area contributed by atoms with Crippen LogP contribution in [0, 0.1) is 6.92 Å². The van der Waals surface area contributed by atoms with Gasteiger partial charge in [-0.05, 0) is 44.4 Å². The Bertz CT molecular complexity index is 461. The Balaban J connectivity index is 2.44. The summed E-state index contributed by atoms with van der Waals surface area (Å²) in [7, 11) is 1.71. The lowest BCUT2D eigenvalue weighted by molar-refractivity contribution is 0.155. The zero-order valence-corrected chi connectivity index (χ0v) is 14.2. The van der Waals surface area contributed by atoms with Crippen molar-refractivity contribution < 1.29 is 9.47 Å². The molecule has 0 atom stereocenters. The highest BCUT2D eigenvalue weighted by Gasteiger charge is 2.01. The molecule has 0 saturated carbocycles. The summed E-state index contributed by atoms with van der Waals surface area (Å²) in [6, 6.07) is 6.32. The van der Waals surface area contributed by atoms with Gasteiger partial charge in [-0.25, -0.2) is 0 Å². The van der Waals surface area contributed by atoms with Gasteiger partial charge in [0, 0.05) is 19.7 Å². The van der Waals surface area contributed by atoms with Gasteiger partial charge >= 0.3 is 0 Å². The first-order valence-corrected chi connectivity index (χ1v) is 7.94. The molecule has 5 heteroatoms. The molecule has 2 N–H and O–H groups in total. The van der Waals surface area contributed by atoms with Crippen molar-refractivity contribution in [2.75, 3.05) is 40.0 Å². The van der Waals surface area contributed by atoms with Gasteiger partial charge in [0.1, 0.15) is 5.75 Å². The van der Waals surface area contributed by atoms with E-state index in [4.69, 9.17) is 9.47 Å². The maximum absolute atomic E-state index is 5.36. The molecule has 22 heavy (non-hydrogen) atoms. The fourth-order valence-electron chi connectivity index (χ4n) is 2.05. The first-order chi connectivity index (χ1) is 10.7. The fraction of sp³-hybridized carbons (Fsp3) is 0.588. The Morgan fingerprint density at radius 1 is 1.23 bits per heavy atom. The maximum Gasteiger partial charge on any atom is 0.191 e. The summed E-state index contributed by atoms with van der Waals surface area (Å²) in [5, 5.41) is 6.58. The summed E-state index contributed by atoms with van der Waals surface area (Å²) in [6.07, 6.45) is 0.923. The molecule has 1 rings (SSSR count). The Hall–Kier alpha value is -1.75. The molecule has 0 bridgehead atoms. The van der Waals surface area contributed by atoms with Crippen LogP contribution >= 0.6 is 0 Å². The van der Waals surface area contributed by atoms with Crippen molar-refractivity contribution in [3.05, 3.63) is 29.3 Å². The van der Waals surface area contributed by atoms with E-state index in [1.165, 1.54) is 5.56 Å². The predicted molar refractivity (Wildman–Crippen MR) is 91.9 cm³/mol. The Morgan fingerprint density at radius 3 is 2.73 bits per heavy atom. The highest BCUT2D eigenvalue weighted by Crippen LogP contribution is 2.18.